The minimum Gasteiger partial charge on any atom is -0.462 e. The SMILES string of the molecule is CCOC(=O)/C(C#N)=C/c1cccc(OC(=O)c2ccccc2Br)c1. The maximum atomic E-state index is 12.2. The van der Waals surface area contributed by atoms with E-state index >= 15 is 0 Å². The summed E-state index contributed by atoms with van der Waals surface area (Å²) in [6.07, 6.45) is 1.38. The smallest absolute Gasteiger partial charge is 0.348 e. The number of nitrogens with zero attached hydrogens (tertiary/aromatic N) is 1. The Balaban J connectivity index is 2.22. The van der Waals surface area contributed by atoms with Crippen molar-refractivity contribution in [3.05, 3.63) is 69.7 Å². The molecule has 0 fully saturated rings. The van der Waals surface area contributed by atoms with Crippen molar-refractivity contribution in [1.29, 1.82) is 5.26 Å². The van der Waals surface area contributed by atoms with E-state index in [9.17, 15) is 9.59 Å². The van der Waals surface area contributed by atoms with Gasteiger partial charge in [0.1, 0.15) is 17.4 Å². The highest BCUT2D eigenvalue weighted by Crippen LogP contribution is 2.21. The van der Waals surface area contributed by atoms with Crippen molar-refractivity contribution < 1.29 is 19.1 Å². The number of halogens is 1. The summed E-state index contributed by atoms with van der Waals surface area (Å²) in [6, 6.07) is 15.2. The Morgan fingerprint density at radius 3 is 2.64 bits per heavy atom. The number of hydrogen-bond acceptors (Lipinski definition) is 5. The third-order valence-electron chi connectivity index (χ3n) is 3.09. The summed E-state index contributed by atoms with van der Waals surface area (Å²) < 4.78 is 10.8. The topological polar surface area (TPSA) is 76.4 Å². The number of rotatable bonds is 5. The molecule has 0 bridgehead atoms. The predicted octanol–water partition coefficient (Wildman–Crippen LogP) is 4.14. The lowest BCUT2D eigenvalue weighted by Crippen LogP contribution is -2.09. The molecule has 0 saturated carbocycles. The molecule has 0 unspecified atom stereocenters. The van der Waals surface area contributed by atoms with Crippen LogP contribution < -0.4 is 4.74 Å². The lowest BCUT2D eigenvalue weighted by Gasteiger charge is -2.07. The molecule has 0 aliphatic heterocycles. The largest absolute Gasteiger partial charge is 0.462 e. The van der Waals surface area contributed by atoms with Crippen LogP contribution >= 0.6 is 15.9 Å². The second-order valence-electron chi connectivity index (χ2n) is 4.83. The Bertz CT molecular complexity index is 868. The van der Waals surface area contributed by atoms with E-state index in [1.807, 2.05) is 0 Å². The Hall–Kier alpha value is -2.91. The molecule has 0 atom stereocenters. The van der Waals surface area contributed by atoms with E-state index in [0.29, 0.717) is 21.3 Å². The van der Waals surface area contributed by atoms with Crippen LogP contribution in [-0.2, 0) is 9.53 Å². The lowest BCUT2D eigenvalue weighted by atomic mass is 10.1. The van der Waals surface area contributed by atoms with Gasteiger partial charge < -0.3 is 9.47 Å². The number of benzene rings is 2. The zero-order chi connectivity index (χ0) is 18.2. The first-order chi connectivity index (χ1) is 12.0. The number of carbonyl (C=O) groups is 2. The zero-order valence-corrected chi connectivity index (χ0v) is 14.9. The van der Waals surface area contributed by atoms with Crippen LogP contribution in [0.25, 0.3) is 6.08 Å². The van der Waals surface area contributed by atoms with Crippen LogP contribution in [-0.4, -0.2) is 18.5 Å². The number of esters is 2. The van der Waals surface area contributed by atoms with Crippen molar-refractivity contribution in [3.63, 3.8) is 0 Å². The summed E-state index contributed by atoms with van der Waals surface area (Å²) in [7, 11) is 0. The van der Waals surface area contributed by atoms with Crippen LogP contribution in [0.4, 0.5) is 0 Å². The Morgan fingerprint density at radius 2 is 1.96 bits per heavy atom. The number of nitriles is 1. The Kier molecular flexibility index (Phi) is 6.49. The molecule has 25 heavy (non-hydrogen) atoms. The van der Waals surface area contributed by atoms with E-state index in [0.717, 1.165) is 0 Å². The maximum Gasteiger partial charge on any atom is 0.348 e. The van der Waals surface area contributed by atoms with Gasteiger partial charge in [0.2, 0.25) is 0 Å². The highest BCUT2D eigenvalue weighted by Gasteiger charge is 2.13. The molecular weight excluding hydrogens is 386 g/mol. The molecule has 5 nitrogen and oxygen atoms in total. The van der Waals surface area contributed by atoms with E-state index in [1.165, 1.54) is 6.08 Å². The van der Waals surface area contributed by atoms with Gasteiger partial charge in [0.25, 0.3) is 0 Å². The average molecular weight is 400 g/mol. The number of ether oxygens (including phenoxy) is 2. The van der Waals surface area contributed by atoms with E-state index < -0.39 is 11.9 Å². The predicted molar refractivity (Wildman–Crippen MR) is 95.8 cm³/mol. The second-order valence-corrected chi connectivity index (χ2v) is 5.69. The van der Waals surface area contributed by atoms with Gasteiger partial charge in [0.05, 0.1) is 12.2 Å². The minimum atomic E-state index is -0.694. The molecule has 0 saturated heterocycles. The van der Waals surface area contributed by atoms with Crippen molar-refractivity contribution in [2.75, 3.05) is 6.61 Å². The third-order valence-corrected chi connectivity index (χ3v) is 3.78. The number of hydrogen-bond donors (Lipinski definition) is 0. The van der Waals surface area contributed by atoms with Crippen LogP contribution in [0.1, 0.15) is 22.8 Å². The van der Waals surface area contributed by atoms with Crippen LogP contribution in [0.15, 0.2) is 58.6 Å². The van der Waals surface area contributed by atoms with Crippen LogP contribution in [0.2, 0.25) is 0 Å². The van der Waals surface area contributed by atoms with Gasteiger partial charge in [-0.3, -0.25) is 0 Å². The van der Waals surface area contributed by atoms with E-state index in [2.05, 4.69) is 15.9 Å². The summed E-state index contributed by atoms with van der Waals surface area (Å²) in [5.41, 5.74) is 0.811. The fourth-order valence-electron chi connectivity index (χ4n) is 1.97. The van der Waals surface area contributed by atoms with Crippen molar-refractivity contribution in [1.82, 2.24) is 0 Å². The summed E-state index contributed by atoms with van der Waals surface area (Å²) in [5, 5.41) is 9.07. The molecule has 0 amide bonds. The molecule has 2 aromatic rings. The molecule has 2 rings (SSSR count). The molecule has 0 heterocycles. The normalized spacial score (nSPS) is 10.7. The molecule has 0 spiro atoms. The average Bonchev–Trinajstić information content (AvgIpc) is 2.60. The zero-order valence-electron chi connectivity index (χ0n) is 13.4. The lowest BCUT2D eigenvalue weighted by molar-refractivity contribution is -0.137. The van der Waals surface area contributed by atoms with Crippen LogP contribution in [0, 0.1) is 11.3 Å². The highest BCUT2D eigenvalue weighted by molar-refractivity contribution is 9.10. The van der Waals surface area contributed by atoms with Crippen molar-refractivity contribution >= 4 is 33.9 Å². The molecule has 0 radical (unpaired) electrons. The minimum absolute atomic E-state index is 0.129. The Morgan fingerprint density at radius 1 is 1.20 bits per heavy atom. The molecule has 0 aromatic heterocycles. The summed E-state index contributed by atoms with van der Waals surface area (Å²) >= 11 is 3.30. The molecule has 2 aromatic carbocycles. The second kappa shape index (κ2) is 8.81. The van der Waals surface area contributed by atoms with Gasteiger partial charge >= 0.3 is 11.9 Å². The quantitative estimate of drug-likeness (QED) is 0.326. The van der Waals surface area contributed by atoms with Gasteiger partial charge in [0.15, 0.2) is 0 Å². The standard InChI is InChI=1S/C19H14BrNO4/c1-2-24-18(22)14(12-21)10-13-6-5-7-15(11-13)25-19(23)16-8-3-4-9-17(16)20/h3-11H,2H2,1H3/b14-10+. The molecular formula is C19H14BrNO4. The maximum absolute atomic E-state index is 12.2. The third kappa shape index (κ3) is 5.03. The Labute approximate surface area is 153 Å². The first-order valence-corrected chi connectivity index (χ1v) is 8.20. The van der Waals surface area contributed by atoms with Crippen molar-refractivity contribution in [2.24, 2.45) is 0 Å². The summed E-state index contributed by atoms with van der Waals surface area (Å²) in [4.78, 5) is 23.9. The van der Waals surface area contributed by atoms with Crippen LogP contribution in [0.5, 0.6) is 5.75 Å². The van der Waals surface area contributed by atoms with Gasteiger partial charge in [-0.05, 0) is 58.8 Å². The molecule has 0 aliphatic carbocycles. The van der Waals surface area contributed by atoms with Gasteiger partial charge in [-0.2, -0.15) is 5.26 Å². The fourth-order valence-corrected chi connectivity index (χ4v) is 2.42. The van der Waals surface area contributed by atoms with Crippen molar-refractivity contribution in [3.8, 4) is 11.8 Å². The van der Waals surface area contributed by atoms with Gasteiger partial charge in [-0.25, -0.2) is 9.59 Å². The monoisotopic (exact) mass is 399 g/mol. The molecule has 6 heteroatoms. The fraction of sp³-hybridized carbons (Fsp3) is 0.105. The summed E-state index contributed by atoms with van der Waals surface area (Å²) in [5.74, 6) is -0.907. The van der Waals surface area contributed by atoms with Gasteiger partial charge in [0, 0.05) is 4.47 Å². The van der Waals surface area contributed by atoms with Gasteiger partial charge in [-0.1, -0.05) is 24.3 Å². The molecule has 0 aliphatic rings. The molecule has 126 valence electrons. The highest BCUT2D eigenvalue weighted by atomic mass is 79.9. The van der Waals surface area contributed by atoms with Crippen LogP contribution in [0.3, 0.4) is 0 Å². The number of carbonyl (C=O) groups excluding carboxylic acids is 2. The summed E-state index contributed by atoms with van der Waals surface area (Å²) in [6.45, 7) is 1.84. The van der Waals surface area contributed by atoms with Crippen molar-refractivity contribution in [2.45, 2.75) is 6.92 Å². The van der Waals surface area contributed by atoms with E-state index in [1.54, 1.807) is 61.5 Å². The van der Waals surface area contributed by atoms with E-state index in [4.69, 9.17) is 14.7 Å². The first-order valence-electron chi connectivity index (χ1n) is 7.41. The van der Waals surface area contributed by atoms with E-state index in [-0.39, 0.29) is 12.2 Å². The first kappa shape index (κ1) is 18.4. The van der Waals surface area contributed by atoms with Gasteiger partial charge in [-0.15, -0.1) is 0 Å². The molecule has 0 N–H and O–H groups in total.